The summed E-state index contributed by atoms with van der Waals surface area (Å²) >= 11 is 5.95. The van der Waals surface area contributed by atoms with Crippen LogP contribution in [0.15, 0.2) is 53.6 Å². The van der Waals surface area contributed by atoms with Gasteiger partial charge in [0.15, 0.2) is 6.29 Å². The number of hydrogen-bond acceptors (Lipinski definition) is 5. The first-order valence-electron chi connectivity index (χ1n) is 8.79. The molecule has 0 radical (unpaired) electrons. The summed E-state index contributed by atoms with van der Waals surface area (Å²) in [4.78, 5) is 11.2. The Morgan fingerprint density at radius 1 is 1.28 bits per heavy atom. The Bertz CT molecular complexity index is 1140. The topological polar surface area (TPSA) is 88.8 Å². The second-order valence-corrected chi connectivity index (χ2v) is 9.06. The Hall–Kier alpha value is -2.39. The zero-order valence-electron chi connectivity index (χ0n) is 15.9. The maximum absolute atomic E-state index is 12.9. The summed E-state index contributed by atoms with van der Waals surface area (Å²) in [6.07, 6.45) is 1.40. The number of aromatic nitrogens is 1. The van der Waals surface area contributed by atoms with Gasteiger partial charge in [0.1, 0.15) is 10.6 Å². The average molecular weight is 437 g/mol. The van der Waals surface area contributed by atoms with E-state index in [0.717, 1.165) is 21.5 Å². The molecule has 0 saturated carbocycles. The van der Waals surface area contributed by atoms with Gasteiger partial charge < -0.3 is 14.4 Å². The normalized spacial score (nSPS) is 13.0. The summed E-state index contributed by atoms with van der Waals surface area (Å²) in [6.45, 7) is -0.0260. The number of hydrogen-bond donors (Lipinski definition) is 1. The van der Waals surface area contributed by atoms with Crippen LogP contribution >= 0.6 is 11.6 Å². The van der Waals surface area contributed by atoms with Gasteiger partial charge in [-0.25, -0.2) is 8.42 Å². The van der Waals surface area contributed by atoms with Gasteiger partial charge in [-0.2, -0.15) is 4.31 Å². The predicted octanol–water partition coefficient (Wildman–Crippen LogP) is 2.80. The highest BCUT2D eigenvalue weighted by molar-refractivity contribution is 7.89. The summed E-state index contributed by atoms with van der Waals surface area (Å²) in [5, 5.41) is 11.6. The molecule has 154 valence electrons. The first kappa shape index (κ1) is 21.3. The number of carbonyl (C=O) groups excluding carboxylic acids is 1. The summed E-state index contributed by atoms with van der Waals surface area (Å²) in [5.74, 6) is 0.169. The van der Waals surface area contributed by atoms with Crippen molar-refractivity contribution in [1.82, 2.24) is 8.87 Å². The number of fused-ring (bicyclic) bond motifs is 1. The summed E-state index contributed by atoms with van der Waals surface area (Å²) in [5.41, 5.74) is 1.30. The van der Waals surface area contributed by atoms with E-state index in [1.807, 2.05) is 24.3 Å². The van der Waals surface area contributed by atoms with Crippen LogP contribution in [0.25, 0.3) is 10.9 Å². The third-order valence-electron chi connectivity index (χ3n) is 4.64. The van der Waals surface area contributed by atoms with E-state index in [4.69, 9.17) is 16.3 Å². The van der Waals surface area contributed by atoms with Gasteiger partial charge in [0.2, 0.25) is 10.0 Å². The molecule has 0 saturated heterocycles. The summed E-state index contributed by atoms with van der Waals surface area (Å²) in [7, 11) is -1.18. The van der Waals surface area contributed by atoms with Crippen molar-refractivity contribution in [1.29, 1.82) is 0 Å². The molecule has 1 heterocycles. The van der Waals surface area contributed by atoms with E-state index < -0.39 is 16.1 Å². The van der Waals surface area contributed by atoms with Gasteiger partial charge in [0.05, 0.1) is 13.2 Å². The van der Waals surface area contributed by atoms with Crippen molar-refractivity contribution < 1.29 is 23.1 Å². The Balaban J connectivity index is 1.82. The molecule has 3 aromatic rings. The van der Waals surface area contributed by atoms with Crippen LogP contribution in [0, 0.1) is 0 Å². The monoisotopic (exact) mass is 436 g/mol. The number of sulfonamides is 1. The molecule has 0 fully saturated rings. The van der Waals surface area contributed by atoms with Crippen LogP contribution in [0.2, 0.25) is 5.02 Å². The highest BCUT2D eigenvalue weighted by Crippen LogP contribution is 2.29. The van der Waals surface area contributed by atoms with Crippen LogP contribution in [0.5, 0.6) is 5.75 Å². The van der Waals surface area contributed by atoms with Gasteiger partial charge in [-0.15, -0.1) is 0 Å². The smallest absolute Gasteiger partial charge is 0.246 e. The zero-order valence-corrected chi connectivity index (χ0v) is 17.5. The number of aldehydes is 1. The molecule has 0 spiro atoms. The molecule has 0 amide bonds. The lowest BCUT2D eigenvalue weighted by atomic mass is 10.2. The second-order valence-electron chi connectivity index (χ2n) is 6.61. The molecule has 29 heavy (non-hydrogen) atoms. The van der Waals surface area contributed by atoms with E-state index in [1.165, 1.54) is 32.4 Å². The molecule has 1 atom stereocenters. The summed E-state index contributed by atoms with van der Waals surface area (Å²) in [6, 6.07) is 11.7. The number of aliphatic hydroxyl groups excluding tert-OH is 1. The number of carbonyl (C=O) groups is 1. The number of benzene rings is 2. The number of likely N-dealkylation sites (N-methyl/N-ethyl adjacent to an activating group) is 1. The number of para-hydroxylation sites is 1. The Labute approximate surface area is 174 Å². The molecule has 0 aliphatic rings. The van der Waals surface area contributed by atoms with Crippen molar-refractivity contribution >= 4 is 38.8 Å². The second kappa shape index (κ2) is 8.54. The number of nitrogens with zero attached hydrogens (tertiary/aromatic N) is 2. The van der Waals surface area contributed by atoms with Crippen LogP contribution in [0.1, 0.15) is 10.4 Å². The zero-order chi connectivity index (χ0) is 21.2. The molecular weight excluding hydrogens is 416 g/mol. The number of ether oxygens (including phenoxy) is 1. The SMILES string of the molecule is COc1ccc(Cl)cc1S(=O)(=O)N(C)C[C@H](O)Cn1cc(C=O)c2ccccc21. The minimum Gasteiger partial charge on any atom is -0.495 e. The van der Waals surface area contributed by atoms with Crippen molar-refractivity contribution in [2.75, 3.05) is 20.7 Å². The standard InChI is InChI=1S/C20H21ClN2O5S/c1-22(29(26,27)20-9-15(21)7-8-19(20)28-2)11-16(25)12-23-10-14(13-24)17-5-3-4-6-18(17)23/h3-10,13,16,25H,11-12H2,1-2H3/t16-/m0/s1. The van der Waals surface area contributed by atoms with Crippen molar-refractivity contribution in [2.24, 2.45) is 0 Å². The molecule has 0 aliphatic carbocycles. The van der Waals surface area contributed by atoms with E-state index in [0.29, 0.717) is 5.56 Å². The Morgan fingerprint density at radius 3 is 2.69 bits per heavy atom. The maximum atomic E-state index is 12.9. The number of methoxy groups -OCH3 is 1. The fourth-order valence-corrected chi connectivity index (χ4v) is 4.84. The molecule has 1 aromatic heterocycles. The molecular formula is C20H21ClN2O5S. The third-order valence-corrected chi connectivity index (χ3v) is 6.72. The van der Waals surface area contributed by atoms with Crippen molar-refractivity contribution in [3.63, 3.8) is 0 Å². The van der Waals surface area contributed by atoms with Crippen LogP contribution in [-0.2, 0) is 16.6 Å². The molecule has 0 aliphatic heterocycles. The molecule has 0 unspecified atom stereocenters. The van der Waals surface area contributed by atoms with Gasteiger partial charge in [-0.3, -0.25) is 4.79 Å². The van der Waals surface area contributed by atoms with Crippen LogP contribution in [-0.4, -0.2) is 55.5 Å². The molecule has 1 N–H and O–H groups in total. The number of rotatable bonds is 8. The van der Waals surface area contributed by atoms with E-state index in [9.17, 15) is 18.3 Å². The van der Waals surface area contributed by atoms with Crippen LogP contribution < -0.4 is 4.74 Å². The Kier molecular flexibility index (Phi) is 6.28. The number of halogens is 1. The van der Waals surface area contributed by atoms with Crippen LogP contribution in [0.4, 0.5) is 0 Å². The fraction of sp³-hybridized carbons (Fsp3) is 0.250. The van der Waals surface area contributed by atoms with Crippen molar-refractivity contribution in [3.05, 3.63) is 59.2 Å². The van der Waals surface area contributed by atoms with Crippen molar-refractivity contribution in [3.8, 4) is 5.75 Å². The molecule has 3 rings (SSSR count). The van der Waals surface area contributed by atoms with E-state index in [1.54, 1.807) is 10.8 Å². The lowest BCUT2D eigenvalue weighted by Crippen LogP contribution is -2.36. The first-order chi connectivity index (χ1) is 13.8. The highest BCUT2D eigenvalue weighted by Gasteiger charge is 2.27. The molecule has 0 bridgehead atoms. The third kappa shape index (κ3) is 4.30. The van der Waals surface area contributed by atoms with Gasteiger partial charge >= 0.3 is 0 Å². The maximum Gasteiger partial charge on any atom is 0.246 e. The first-order valence-corrected chi connectivity index (χ1v) is 10.6. The van der Waals surface area contributed by atoms with E-state index in [2.05, 4.69) is 0 Å². The lowest BCUT2D eigenvalue weighted by molar-refractivity contribution is 0.112. The van der Waals surface area contributed by atoms with Crippen molar-refractivity contribution in [2.45, 2.75) is 17.5 Å². The minimum atomic E-state index is -3.94. The van der Waals surface area contributed by atoms with Crippen LogP contribution in [0.3, 0.4) is 0 Å². The Morgan fingerprint density at radius 2 is 2.00 bits per heavy atom. The van der Waals surface area contributed by atoms with Gasteiger partial charge in [0.25, 0.3) is 0 Å². The minimum absolute atomic E-state index is 0.0724. The van der Waals surface area contributed by atoms with E-state index in [-0.39, 0.29) is 28.8 Å². The van der Waals surface area contributed by atoms with Gasteiger partial charge in [0, 0.05) is 47.8 Å². The average Bonchev–Trinajstić information content (AvgIpc) is 3.05. The van der Waals surface area contributed by atoms with Gasteiger partial charge in [-0.1, -0.05) is 29.8 Å². The molecule has 2 aromatic carbocycles. The molecule has 7 nitrogen and oxygen atoms in total. The predicted molar refractivity (Wildman–Crippen MR) is 111 cm³/mol. The highest BCUT2D eigenvalue weighted by atomic mass is 35.5. The largest absolute Gasteiger partial charge is 0.495 e. The fourth-order valence-electron chi connectivity index (χ4n) is 3.22. The number of aliphatic hydroxyl groups is 1. The van der Waals surface area contributed by atoms with E-state index >= 15 is 0 Å². The quantitative estimate of drug-likeness (QED) is 0.548. The lowest BCUT2D eigenvalue weighted by Gasteiger charge is -2.22. The summed E-state index contributed by atoms with van der Waals surface area (Å²) < 4.78 is 33.8. The van der Waals surface area contributed by atoms with Gasteiger partial charge in [-0.05, 0) is 24.3 Å². The molecule has 9 heteroatoms.